The summed E-state index contributed by atoms with van der Waals surface area (Å²) in [6, 6.07) is 8.08. The van der Waals surface area contributed by atoms with Crippen molar-refractivity contribution in [1.82, 2.24) is 5.32 Å². The molecule has 0 saturated carbocycles. The zero-order valence-corrected chi connectivity index (χ0v) is 11.4. The molecular weight excluding hydrogens is 242 g/mol. The molecule has 0 aliphatic carbocycles. The molecule has 0 radical (unpaired) electrons. The van der Waals surface area contributed by atoms with Gasteiger partial charge in [-0.2, -0.15) is 0 Å². The van der Waals surface area contributed by atoms with Crippen molar-refractivity contribution in [2.45, 2.75) is 31.7 Å². The van der Waals surface area contributed by atoms with Crippen LogP contribution in [0.3, 0.4) is 0 Å². The van der Waals surface area contributed by atoms with E-state index in [1.54, 1.807) is 0 Å². The number of hydrogen-bond donors (Lipinski definition) is 1. The lowest BCUT2D eigenvalue weighted by atomic mass is 10.1. The first kappa shape index (κ1) is 13.9. The highest BCUT2D eigenvalue weighted by atomic mass is 16.5. The number of carbonyl (C=O) groups excluding carboxylic acids is 1. The van der Waals surface area contributed by atoms with Crippen molar-refractivity contribution in [3.8, 4) is 5.75 Å². The van der Waals surface area contributed by atoms with Gasteiger partial charge in [0.1, 0.15) is 12.4 Å². The number of esters is 1. The largest absolute Gasteiger partial charge is 0.492 e. The van der Waals surface area contributed by atoms with Crippen LogP contribution in [0.15, 0.2) is 24.3 Å². The van der Waals surface area contributed by atoms with E-state index in [9.17, 15) is 4.79 Å². The summed E-state index contributed by atoms with van der Waals surface area (Å²) in [5, 5.41) is 3.45. The Labute approximate surface area is 114 Å². The predicted molar refractivity (Wildman–Crippen MR) is 73.3 cm³/mol. The summed E-state index contributed by atoms with van der Waals surface area (Å²) in [6.45, 7) is 1.79. The number of nitrogens with one attached hydrogen (secondary N) is 1. The Kier molecular flexibility index (Phi) is 5.21. The Hall–Kier alpha value is -1.55. The van der Waals surface area contributed by atoms with E-state index in [0.29, 0.717) is 19.1 Å². The minimum Gasteiger partial charge on any atom is -0.492 e. The van der Waals surface area contributed by atoms with Gasteiger partial charge in [0.05, 0.1) is 13.5 Å². The molecule has 19 heavy (non-hydrogen) atoms. The van der Waals surface area contributed by atoms with E-state index in [1.807, 2.05) is 24.3 Å². The van der Waals surface area contributed by atoms with Gasteiger partial charge < -0.3 is 14.8 Å². The molecule has 1 aliphatic rings. The molecule has 1 aromatic carbocycles. The minimum absolute atomic E-state index is 0.222. The van der Waals surface area contributed by atoms with Crippen LogP contribution in [0.5, 0.6) is 5.75 Å². The molecule has 1 aromatic rings. The van der Waals surface area contributed by atoms with E-state index in [0.717, 1.165) is 17.9 Å². The monoisotopic (exact) mass is 263 g/mol. The second-order valence-electron chi connectivity index (χ2n) is 4.85. The molecule has 1 saturated heterocycles. The summed E-state index contributed by atoms with van der Waals surface area (Å²) >= 11 is 0. The molecule has 0 amide bonds. The van der Waals surface area contributed by atoms with Crippen LogP contribution in [0.2, 0.25) is 0 Å². The van der Waals surface area contributed by atoms with Crippen molar-refractivity contribution in [3.05, 3.63) is 29.8 Å². The fraction of sp³-hybridized carbons (Fsp3) is 0.533. The van der Waals surface area contributed by atoms with Gasteiger partial charge in [0.25, 0.3) is 0 Å². The minimum atomic E-state index is -0.222. The first-order valence-electron chi connectivity index (χ1n) is 6.80. The highest BCUT2D eigenvalue weighted by Gasteiger charge is 2.12. The fourth-order valence-electron chi connectivity index (χ4n) is 2.21. The fourth-order valence-corrected chi connectivity index (χ4v) is 2.21. The molecule has 0 aromatic heterocycles. The van der Waals surface area contributed by atoms with Gasteiger partial charge in [0.2, 0.25) is 0 Å². The topological polar surface area (TPSA) is 47.6 Å². The number of benzene rings is 1. The molecule has 2 rings (SSSR count). The van der Waals surface area contributed by atoms with E-state index < -0.39 is 0 Å². The van der Waals surface area contributed by atoms with Gasteiger partial charge in [-0.3, -0.25) is 4.79 Å². The van der Waals surface area contributed by atoms with Gasteiger partial charge >= 0.3 is 5.97 Å². The molecule has 1 aliphatic heterocycles. The average molecular weight is 263 g/mol. The molecule has 1 atom stereocenters. The second-order valence-corrected chi connectivity index (χ2v) is 4.85. The standard InChI is InChI=1S/C15H21NO3/c1-18-15(17)10-12-5-7-14(8-6-12)19-11-13-4-2-3-9-16-13/h5-8,13,16H,2-4,9-11H2,1H3. The third-order valence-corrected chi connectivity index (χ3v) is 3.36. The highest BCUT2D eigenvalue weighted by molar-refractivity contribution is 5.72. The SMILES string of the molecule is COC(=O)Cc1ccc(OCC2CCCCN2)cc1. The van der Waals surface area contributed by atoms with Crippen molar-refractivity contribution in [2.24, 2.45) is 0 Å². The van der Waals surface area contributed by atoms with Crippen LogP contribution in [0.1, 0.15) is 24.8 Å². The lowest BCUT2D eigenvalue weighted by Gasteiger charge is -2.23. The van der Waals surface area contributed by atoms with Crippen molar-refractivity contribution in [1.29, 1.82) is 0 Å². The molecule has 1 fully saturated rings. The lowest BCUT2D eigenvalue weighted by molar-refractivity contribution is -0.139. The van der Waals surface area contributed by atoms with Gasteiger partial charge in [-0.1, -0.05) is 18.6 Å². The van der Waals surface area contributed by atoms with Gasteiger partial charge in [0, 0.05) is 6.04 Å². The maximum atomic E-state index is 11.1. The van der Waals surface area contributed by atoms with E-state index in [-0.39, 0.29) is 5.97 Å². The number of methoxy groups -OCH3 is 1. The second kappa shape index (κ2) is 7.14. The van der Waals surface area contributed by atoms with Gasteiger partial charge in [-0.05, 0) is 37.1 Å². The Bertz CT molecular complexity index is 396. The molecule has 1 unspecified atom stereocenters. The number of rotatable bonds is 5. The van der Waals surface area contributed by atoms with Crippen LogP contribution in [0.25, 0.3) is 0 Å². The molecule has 0 spiro atoms. The molecule has 104 valence electrons. The molecular formula is C15H21NO3. The van der Waals surface area contributed by atoms with Crippen molar-refractivity contribution in [3.63, 3.8) is 0 Å². The highest BCUT2D eigenvalue weighted by Crippen LogP contribution is 2.15. The molecule has 4 nitrogen and oxygen atoms in total. The van der Waals surface area contributed by atoms with E-state index in [4.69, 9.17) is 4.74 Å². The van der Waals surface area contributed by atoms with Gasteiger partial charge in [-0.15, -0.1) is 0 Å². The normalized spacial score (nSPS) is 18.9. The van der Waals surface area contributed by atoms with Crippen molar-refractivity contribution >= 4 is 5.97 Å². The van der Waals surface area contributed by atoms with Crippen molar-refractivity contribution in [2.75, 3.05) is 20.3 Å². The zero-order valence-electron chi connectivity index (χ0n) is 11.4. The molecule has 4 heteroatoms. The first-order chi connectivity index (χ1) is 9.28. The van der Waals surface area contributed by atoms with Crippen LogP contribution in [0.4, 0.5) is 0 Å². The summed E-state index contributed by atoms with van der Waals surface area (Å²) < 4.78 is 10.4. The van der Waals surface area contributed by atoms with Crippen LogP contribution in [0, 0.1) is 0 Å². The Morgan fingerprint density at radius 2 is 2.11 bits per heavy atom. The number of hydrogen-bond acceptors (Lipinski definition) is 4. The zero-order chi connectivity index (χ0) is 13.5. The Morgan fingerprint density at radius 3 is 2.74 bits per heavy atom. The summed E-state index contributed by atoms with van der Waals surface area (Å²) in [4.78, 5) is 11.1. The Balaban J connectivity index is 1.79. The van der Waals surface area contributed by atoms with Crippen LogP contribution >= 0.6 is 0 Å². The van der Waals surface area contributed by atoms with Crippen LogP contribution in [-0.4, -0.2) is 32.3 Å². The molecule has 0 bridgehead atoms. The van der Waals surface area contributed by atoms with E-state index in [2.05, 4.69) is 10.1 Å². The lowest BCUT2D eigenvalue weighted by Crippen LogP contribution is -2.38. The van der Waals surface area contributed by atoms with Crippen LogP contribution in [-0.2, 0) is 16.0 Å². The molecule has 1 N–H and O–H groups in total. The number of piperidine rings is 1. The third kappa shape index (κ3) is 4.56. The van der Waals surface area contributed by atoms with Gasteiger partial charge in [0.15, 0.2) is 0 Å². The molecule has 1 heterocycles. The van der Waals surface area contributed by atoms with Crippen molar-refractivity contribution < 1.29 is 14.3 Å². The Morgan fingerprint density at radius 1 is 1.32 bits per heavy atom. The summed E-state index contributed by atoms with van der Waals surface area (Å²) in [6.07, 6.45) is 4.03. The third-order valence-electron chi connectivity index (χ3n) is 3.36. The maximum Gasteiger partial charge on any atom is 0.309 e. The summed E-state index contributed by atoms with van der Waals surface area (Å²) in [5.41, 5.74) is 0.940. The quantitative estimate of drug-likeness (QED) is 0.825. The predicted octanol–water partition coefficient (Wildman–Crippen LogP) is 1.92. The number of carbonyl (C=O) groups is 1. The van der Waals surface area contributed by atoms with Crippen LogP contribution < -0.4 is 10.1 Å². The smallest absolute Gasteiger partial charge is 0.309 e. The van der Waals surface area contributed by atoms with E-state index in [1.165, 1.54) is 26.4 Å². The van der Waals surface area contributed by atoms with E-state index >= 15 is 0 Å². The number of ether oxygens (including phenoxy) is 2. The first-order valence-corrected chi connectivity index (χ1v) is 6.80. The summed E-state index contributed by atoms with van der Waals surface area (Å²) in [7, 11) is 1.40. The maximum absolute atomic E-state index is 11.1. The average Bonchev–Trinajstić information content (AvgIpc) is 2.47. The summed E-state index contributed by atoms with van der Waals surface area (Å²) in [5.74, 6) is 0.626. The van der Waals surface area contributed by atoms with Gasteiger partial charge in [-0.25, -0.2) is 0 Å².